The lowest BCUT2D eigenvalue weighted by Gasteiger charge is -2.09. The van der Waals surface area contributed by atoms with Gasteiger partial charge in [-0.1, -0.05) is 12.5 Å². The summed E-state index contributed by atoms with van der Waals surface area (Å²) in [7, 11) is 3.15. The quantitative estimate of drug-likeness (QED) is 0.383. The highest BCUT2D eigenvalue weighted by molar-refractivity contribution is 5.96. The second-order valence-electron chi connectivity index (χ2n) is 4.38. The van der Waals surface area contributed by atoms with Crippen molar-refractivity contribution in [3.05, 3.63) is 36.4 Å². The van der Waals surface area contributed by atoms with Crippen LogP contribution in [0.25, 0.3) is 0 Å². The second kappa shape index (κ2) is 8.35. The average Bonchev–Trinajstić information content (AvgIpc) is 2.46. The standard InChI is InChI=1S/C16H22O3/c1-4-5-6-7-8-9-14(17)13-10-11-15(18-2)16(12-13)19-3/h4,10-12H,1,5-9H2,2-3H3. The number of allylic oxidation sites excluding steroid dienone is 1. The zero-order valence-corrected chi connectivity index (χ0v) is 11.8. The molecule has 0 aliphatic heterocycles. The first-order chi connectivity index (χ1) is 9.22. The van der Waals surface area contributed by atoms with Gasteiger partial charge < -0.3 is 9.47 Å². The van der Waals surface area contributed by atoms with Gasteiger partial charge in [0, 0.05) is 12.0 Å². The van der Waals surface area contributed by atoms with Crippen LogP contribution in [0.2, 0.25) is 0 Å². The summed E-state index contributed by atoms with van der Waals surface area (Å²) in [6, 6.07) is 5.29. The molecule has 3 heteroatoms. The number of unbranched alkanes of at least 4 members (excludes halogenated alkanes) is 3. The smallest absolute Gasteiger partial charge is 0.163 e. The van der Waals surface area contributed by atoms with E-state index in [0.29, 0.717) is 23.5 Å². The van der Waals surface area contributed by atoms with Crippen LogP contribution in [0.5, 0.6) is 11.5 Å². The van der Waals surface area contributed by atoms with E-state index in [0.717, 1.165) is 25.7 Å². The molecule has 0 heterocycles. The maximum Gasteiger partial charge on any atom is 0.163 e. The highest BCUT2D eigenvalue weighted by Gasteiger charge is 2.10. The third kappa shape index (κ3) is 4.78. The molecule has 0 spiro atoms. The zero-order chi connectivity index (χ0) is 14.1. The van der Waals surface area contributed by atoms with Gasteiger partial charge in [-0.15, -0.1) is 6.58 Å². The van der Waals surface area contributed by atoms with Crippen LogP contribution >= 0.6 is 0 Å². The molecule has 0 aliphatic carbocycles. The Morgan fingerprint density at radius 2 is 1.89 bits per heavy atom. The van der Waals surface area contributed by atoms with Gasteiger partial charge >= 0.3 is 0 Å². The number of hydrogen-bond donors (Lipinski definition) is 0. The lowest BCUT2D eigenvalue weighted by atomic mass is 10.0. The van der Waals surface area contributed by atoms with E-state index < -0.39 is 0 Å². The van der Waals surface area contributed by atoms with Crippen molar-refractivity contribution in [3.8, 4) is 11.5 Å². The van der Waals surface area contributed by atoms with Crippen LogP contribution in [0.15, 0.2) is 30.9 Å². The first kappa shape index (κ1) is 15.3. The number of rotatable bonds is 9. The number of carbonyl (C=O) groups excluding carboxylic acids is 1. The van der Waals surface area contributed by atoms with E-state index in [4.69, 9.17) is 9.47 Å². The molecule has 0 N–H and O–H groups in total. The highest BCUT2D eigenvalue weighted by Crippen LogP contribution is 2.28. The Balaban J connectivity index is 2.54. The van der Waals surface area contributed by atoms with Crippen LogP contribution in [0.3, 0.4) is 0 Å². The van der Waals surface area contributed by atoms with Crippen molar-refractivity contribution in [2.45, 2.75) is 32.1 Å². The summed E-state index contributed by atoms with van der Waals surface area (Å²) >= 11 is 0. The Kier molecular flexibility index (Phi) is 6.72. The number of benzene rings is 1. The molecule has 104 valence electrons. The molecule has 0 atom stereocenters. The Labute approximate surface area is 115 Å². The van der Waals surface area contributed by atoms with Crippen LogP contribution < -0.4 is 9.47 Å². The minimum atomic E-state index is 0.152. The SMILES string of the molecule is C=CCCCCCC(=O)c1ccc(OC)c(OC)c1. The van der Waals surface area contributed by atoms with E-state index >= 15 is 0 Å². The average molecular weight is 262 g/mol. The number of Topliss-reactive ketones (excluding diaryl/α,β-unsaturated/α-hetero) is 1. The van der Waals surface area contributed by atoms with Gasteiger partial charge in [0.15, 0.2) is 17.3 Å². The van der Waals surface area contributed by atoms with Gasteiger partial charge in [0.1, 0.15) is 0 Å². The highest BCUT2D eigenvalue weighted by atomic mass is 16.5. The molecule has 0 aromatic heterocycles. The molecule has 0 bridgehead atoms. The predicted octanol–water partition coefficient (Wildman–Crippen LogP) is 4.02. The molecule has 0 unspecified atom stereocenters. The van der Waals surface area contributed by atoms with Crippen molar-refractivity contribution < 1.29 is 14.3 Å². The van der Waals surface area contributed by atoms with Crippen molar-refractivity contribution in [2.24, 2.45) is 0 Å². The van der Waals surface area contributed by atoms with Gasteiger partial charge in [-0.2, -0.15) is 0 Å². The number of hydrogen-bond acceptors (Lipinski definition) is 3. The third-order valence-corrected chi connectivity index (χ3v) is 3.02. The Morgan fingerprint density at radius 1 is 1.16 bits per heavy atom. The van der Waals surface area contributed by atoms with Gasteiger partial charge in [0.05, 0.1) is 14.2 Å². The summed E-state index contributed by atoms with van der Waals surface area (Å²) in [5.74, 6) is 1.39. The Morgan fingerprint density at radius 3 is 2.53 bits per heavy atom. The van der Waals surface area contributed by atoms with Crippen LogP contribution in [0.1, 0.15) is 42.5 Å². The van der Waals surface area contributed by atoms with Crippen molar-refractivity contribution >= 4 is 5.78 Å². The second-order valence-corrected chi connectivity index (χ2v) is 4.38. The molecule has 19 heavy (non-hydrogen) atoms. The fourth-order valence-corrected chi connectivity index (χ4v) is 1.91. The van der Waals surface area contributed by atoms with Crippen molar-refractivity contribution in [3.63, 3.8) is 0 Å². The maximum atomic E-state index is 12.0. The number of ketones is 1. The van der Waals surface area contributed by atoms with Crippen LogP contribution in [0.4, 0.5) is 0 Å². The van der Waals surface area contributed by atoms with Gasteiger partial charge in [-0.3, -0.25) is 4.79 Å². The van der Waals surface area contributed by atoms with E-state index in [1.807, 2.05) is 6.08 Å². The van der Waals surface area contributed by atoms with E-state index in [2.05, 4.69) is 6.58 Å². The first-order valence-corrected chi connectivity index (χ1v) is 6.59. The summed E-state index contributed by atoms with van der Waals surface area (Å²) in [4.78, 5) is 12.0. The number of ether oxygens (including phenoxy) is 2. The largest absolute Gasteiger partial charge is 0.493 e. The molecule has 1 aromatic carbocycles. The summed E-state index contributed by atoms with van der Waals surface area (Å²) in [6.07, 6.45) is 6.59. The molecule has 1 aromatic rings. The van der Waals surface area contributed by atoms with Crippen LogP contribution in [-0.4, -0.2) is 20.0 Å². The molecule has 0 radical (unpaired) electrons. The molecular weight excluding hydrogens is 240 g/mol. The van der Waals surface area contributed by atoms with Gasteiger partial charge in [-0.05, 0) is 37.5 Å². The van der Waals surface area contributed by atoms with Crippen LogP contribution in [0, 0.1) is 0 Å². The van der Waals surface area contributed by atoms with Crippen molar-refractivity contribution in [2.75, 3.05) is 14.2 Å². The van der Waals surface area contributed by atoms with Gasteiger partial charge in [-0.25, -0.2) is 0 Å². The molecule has 0 aliphatic rings. The predicted molar refractivity (Wildman–Crippen MR) is 77.2 cm³/mol. The normalized spacial score (nSPS) is 10.0. The van der Waals surface area contributed by atoms with Gasteiger partial charge in [0.25, 0.3) is 0 Å². The molecular formula is C16H22O3. The molecule has 0 saturated heterocycles. The van der Waals surface area contributed by atoms with E-state index in [1.54, 1.807) is 32.4 Å². The minimum Gasteiger partial charge on any atom is -0.493 e. The van der Waals surface area contributed by atoms with E-state index in [1.165, 1.54) is 0 Å². The van der Waals surface area contributed by atoms with Gasteiger partial charge in [0.2, 0.25) is 0 Å². The van der Waals surface area contributed by atoms with E-state index in [-0.39, 0.29) is 5.78 Å². The summed E-state index contributed by atoms with van der Waals surface area (Å²) in [5, 5.41) is 0. The molecule has 1 rings (SSSR count). The fraction of sp³-hybridized carbons (Fsp3) is 0.438. The molecule has 0 amide bonds. The third-order valence-electron chi connectivity index (χ3n) is 3.02. The Hall–Kier alpha value is -1.77. The number of methoxy groups -OCH3 is 2. The Bertz CT molecular complexity index is 424. The van der Waals surface area contributed by atoms with Crippen LogP contribution in [-0.2, 0) is 0 Å². The van der Waals surface area contributed by atoms with Crippen molar-refractivity contribution in [1.29, 1.82) is 0 Å². The monoisotopic (exact) mass is 262 g/mol. The molecule has 3 nitrogen and oxygen atoms in total. The maximum absolute atomic E-state index is 12.0. The molecule has 0 saturated carbocycles. The first-order valence-electron chi connectivity index (χ1n) is 6.59. The summed E-state index contributed by atoms with van der Waals surface area (Å²) in [5.41, 5.74) is 0.682. The lowest BCUT2D eigenvalue weighted by molar-refractivity contribution is 0.0979. The minimum absolute atomic E-state index is 0.152. The van der Waals surface area contributed by atoms with Crippen molar-refractivity contribution in [1.82, 2.24) is 0 Å². The fourth-order valence-electron chi connectivity index (χ4n) is 1.91. The lowest BCUT2D eigenvalue weighted by Crippen LogP contribution is -2.00. The molecule has 0 fully saturated rings. The van der Waals surface area contributed by atoms with E-state index in [9.17, 15) is 4.79 Å². The summed E-state index contributed by atoms with van der Waals surface area (Å²) in [6.45, 7) is 3.68. The zero-order valence-electron chi connectivity index (χ0n) is 11.8. The topological polar surface area (TPSA) is 35.5 Å². The summed E-state index contributed by atoms with van der Waals surface area (Å²) < 4.78 is 10.3. The number of carbonyl (C=O) groups is 1.